The van der Waals surface area contributed by atoms with Crippen molar-refractivity contribution in [3.63, 3.8) is 0 Å². The normalized spacial score (nSPS) is 12.0. The Morgan fingerprint density at radius 1 is 1.05 bits per heavy atom. The molecule has 0 amide bonds. The van der Waals surface area contributed by atoms with Crippen LogP contribution in [0.2, 0.25) is 5.15 Å². The van der Waals surface area contributed by atoms with Crippen molar-refractivity contribution in [2.24, 2.45) is 0 Å². The number of sulfonamides is 1. The molecule has 1 aromatic rings. The first kappa shape index (κ1) is 18.4. The van der Waals surface area contributed by atoms with E-state index in [2.05, 4.69) is 18.8 Å². The Kier molecular flexibility index (Phi) is 8.22. The third-order valence-electron chi connectivity index (χ3n) is 3.36. The van der Waals surface area contributed by atoms with E-state index in [9.17, 15) is 8.42 Å². The predicted molar refractivity (Wildman–Crippen MR) is 87.1 cm³/mol. The molecule has 4 nitrogen and oxygen atoms in total. The first-order valence-corrected chi connectivity index (χ1v) is 9.45. The van der Waals surface area contributed by atoms with E-state index < -0.39 is 10.0 Å². The molecule has 21 heavy (non-hydrogen) atoms. The quantitative estimate of drug-likeness (QED) is 0.478. The Labute approximate surface area is 133 Å². The lowest BCUT2D eigenvalue weighted by Crippen LogP contribution is -2.33. The molecular formula is C15H25ClN2O2S. The van der Waals surface area contributed by atoms with Crippen molar-refractivity contribution >= 4 is 21.6 Å². The third-order valence-corrected chi connectivity index (χ3v) is 5.47. The molecule has 1 aromatic heterocycles. The summed E-state index contributed by atoms with van der Waals surface area (Å²) < 4.78 is 26.9. The summed E-state index contributed by atoms with van der Waals surface area (Å²) in [5.41, 5.74) is 0. The third kappa shape index (κ3) is 5.93. The van der Waals surface area contributed by atoms with Crippen LogP contribution in [0.4, 0.5) is 0 Å². The van der Waals surface area contributed by atoms with Gasteiger partial charge in [0.25, 0.3) is 0 Å². The average Bonchev–Trinajstić information content (AvgIpc) is 2.46. The Morgan fingerprint density at radius 3 is 2.05 bits per heavy atom. The minimum atomic E-state index is -3.47. The first-order chi connectivity index (χ1) is 10.0. The van der Waals surface area contributed by atoms with Crippen molar-refractivity contribution in [2.45, 2.75) is 57.3 Å². The standard InChI is InChI=1S/C15H25ClN2O2S/c1-3-5-7-11-18(12-8-6-4-2)21(19,20)14-9-10-15(16)17-13-14/h9-10,13H,3-8,11-12H2,1-2H3. The van der Waals surface area contributed by atoms with Gasteiger partial charge in [-0.1, -0.05) is 51.1 Å². The van der Waals surface area contributed by atoms with Crippen molar-refractivity contribution in [2.75, 3.05) is 13.1 Å². The van der Waals surface area contributed by atoms with Gasteiger partial charge in [0.1, 0.15) is 10.0 Å². The van der Waals surface area contributed by atoms with E-state index in [1.54, 1.807) is 4.31 Å². The van der Waals surface area contributed by atoms with E-state index in [0.717, 1.165) is 38.5 Å². The highest BCUT2D eigenvalue weighted by Gasteiger charge is 2.23. The fraction of sp³-hybridized carbons (Fsp3) is 0.667. The van der Waals surface area contributed by atoms with Gasteiger partial charge in [0.2, 0.25) is 10.0 Å². The van der Waals surface area contributed by atoms with E-state index in [-0.39, 0.29) is 4.90 Å². The molecule has 0 aliphatic rings. The zero-order chi connectivity index (χ0) is 15.7. The summed E-state index contributed by atoms with van der Waals surface area (Å²) >= 11 is 5.73. The van der Waals surface area contributed by atoms with Crippen LogP contribution in [0.15, 0.2) is 23.2 Å². The van der Waals surface area contributed by atoms with Crippen LogP contribution in [0.1, 0.15) is 52.4 Å². The topological polar surface area (TPSA) is 50.3 Å². The molecule has 1 rings (SSSR count). The second-order valence-corrected chi connectivity index (χ2v) is 7.46. The lowest BCUT2D eigenvalue weighted by Gasteiger charge is -2.22. The highest BCUT2D eigenvalue weighted by atomic mass is 35.5. The van der Waals surface area contributed by atoms with Crippen LogP contribution in [0.3, 0.4) is 0 Å². The van der Waals surface area contributed by atoms with E-state index in [1.165, 1.54) is 18.3 Å². The molecule has 0 fully saturated rings. The summed E-state index contributed by atoms with van der Waals surface area (Å²) in [5, 5.41) is 0.303. The largest absolute Gasteiger partial charge is 0.244 e. The Hall–Kier alpha value is -0.650. The summed E-state index contributed by atoms with van der Waals surface area (Å²) in [6.45, 7) is 5.36. The Bertz CT molecular complexity index is 493. The smallest absolute Gasteiger partial charge is 0.243 e. The molecule has 0 spiro atoms. The number of unbranched alkanes of at least 4 members (excludes halogenated alkanes) is 4. The average molecular weight is 333 g/mol. The number of hydrogen-bond donors (Lipinski definition) is 0. The maximum atomic E-state index is 12.7. The van der Waals surface area contributed by atoms with Crippen LogP contribution in [0, 0.1) is 0 Å². The fourth-order valence-electron chi connectivity index (χ4n) is 2.09. The second kappa shape index (κ2) is 9.38. The molecule has 0 bridgehead atoms. The molecule has 6 heteroatoms. The van der Waals surface area contributed by atoms with Gasteiger partial charge in [-0.25, -0.2) is 13.4 Å². The number of pyridine rings is 1. The molecule has 0 aliphatic carbocycles. The van der Waals surface area contributed by atoms with Crippen LogP contribution in [-0.2, 0) is 10.0 Å². The summed E-state index contributed by atoms with van der Waals surface area (Å²) in [6, 6.07) is 3.04. The Morgan fingerprint density at radius 2 is 1.62 bits per heavy atom. The van der Waals surface area contributed by atoms with Crippen molar-refractivity contribution in [1.82, 2.24) is 9.29 Å². The van der Waals surface area contributed by atoms with Gasteiger partial charge in [-0.05, 0) is 25.0 Å². The van der Waals surface area contributed by atoms with Gasteiger partial charge in [0.15, 0.2) is 0 Å². The predicted octanol–water partition coefficient (Wildman–Crippen LogP) is 4.11. The summed E-state index contributed by atoms with van der Waals surface area (Å²) in [5.74, 6) is 0. The summed E-state index contributed by atoms with van der Waals surface area (Å²) in [6.07, 6.45) is 7.35. The molecule has 0 aromatic carbocycles. The van der Waals surface area contributed by atoms with Gasteiger partial charge in [-0.15, -0.1) is 0 Å². The zero-order valence-corrected chi connectivity index (χ0v) is 14.5. The van der Waals surface area contributed by atoms with Crippen molar-refractivity contribution in [1.29, 1.82) is 0 Å². The number of aromatic nitrogens is 1. The van der Waals surface area contributed by atoms with Gasteiger partial charge < -0.3 is 0 Å². The van der Waals surface area contributed by atoms with E-state index in [4.69, 9.17) is 11.6 Å². The molecule has 120 valence electrons. The maximum absolute atomic E-state index is 12.7. The van der Waals surface area contributed by atoms with Crippen LogP contribution in [-0.4, -0.2) is 30.8 Å². The minimum absolute atomic E-state index is 0.222. The van der Waals surface area contributed by atoms with Gasteiger partial charge in [-0.2, -0.15) is 4.31 Å². The molecule has 0 aliphatic heterocycles. The minimum Gasteiger partial charge on any atom is -0.243 e. The van der Waals surface area contributed by atoms with Crippen molar-refractivity contribution < 1.29 is 8.42 Å². The van der Waals surface area contributed by atoms with Crippen LogP contribution >= 0.6 is 11.6 Å². The number of nitrogens with zero attached hydrogens (tertiary/aromatic N) is 2. The molecule has 0 saturated carbocycles. The first-order valence-electron chi connectivity index (χ1n) is 7.64. The summed E-state index contributed by atoms with van der Waals surface area (Å²) in [7, 11) is -3.47. The van der Waals surface area contributed by atoms with Gasteiger partial charge in [-0.3, -0.25) is 0 Å². The number of rotatable bonds is 10. The molecule has 0 radical (unpaired) electrons. The van der Waals surface area contributed by atoms with Gasteiger partial charge in [0.05, 0.1) is 0 Å². The second-order valence-electron chi connectivity index (χ2n) is 5.13. The molecular weight excluding hydrogens is 308 g/mol. The van der Waals surface area contributed by atoms with Gasteiger partial charge >= 0.3 is 0 Å². The zero-order valence-electron chi connectivity index (χ0n) is 12.9. The Balaban J connectivity index is 2.84. The highest BCUT2D eigenvalue weighted by molar-refractivity contribution is 7.89. The van der Waals surface area contributed by atoms with Gasteiger partial charge in [0, 0.05) is 19.3 Å². The van der Waals surface area contributed by atoms with Crippen LogP contribution < -0.4 is 0 Å². The molecule has 1 heterocycles. The van der Waals surface area contributed by atoms with Crippen molar-refractivity contribution in [3.8, 4) is 0 Å². The van der Waals surface area contributed by atoms with E-state index in [0.29, 0.717) is 18.2 Å². The van der Waals surface area contributed by atoms with Crippen LogP contribution in [0.25, 0.3) is 0 Å². The SMILES string of the molecule is CCCCCN(CCCCC)S(=O)(=O)c1ccc(Cl)nc1. The lowest BCUT2D eigenvalue weighted by molar-refractivity contribution is 0.388. The number of hydrogen-bond acceptors (Lipinski definition) is 3. The lowest BCUT2D eigenvalue weighted by atomic mass is 10.2. The van der Waals surface area contributed by atoms with Crippen molar-refractivity contribution in [3.05, 3.63) is 23.5 Å². The molecule has 0 atom stereocenters. The molecule has 0 unspecified atom stereocenters. The highest BCUT2D eigenvalue weighted by Crippen LogP contribution is 2.18. The molecule has 0 saturated heterocycles. The molecule has 0 N–H and O–H groups in total. The van der Waals surface area contributed by atoms with Crippen LogP contribution in [0.5, 0.6) is 0 Å². The van der Waals surface area contributed by atoms with E-state index >= 15 is 0 Å². The summed E-state index contributed by atoms with van der Waals surface area (Å²) in [4.78, 5) is 4.10. The number of halogens is 1. The monoisotopic (exact) mass is 332 g/mol. The maximum Gasteiger partial charge on any atom is 0.244 e. The van der Waals surface area contributed by atoms with E-state index in [1.807, 2.05) is 0 Å². The fourth-order valence-corrected chi connectivity index (χ4v) is 3.67.